The van der Waals surface area contributed by atoms with Crippen LogP contribution >= 0.6 is 12.4 Å². The van der Waals surface area contributed by atoms with Crippen molar-refractivity contribution in [1.29, 1.82) is 0 Å². The van der Waals surface area contributed by atoms with Crippen molar-refractivity contribution in [3.63, 3.8) is 0 Å². The third kappa shape index (κ3) is 5.91. The zero-order chi connectivity index (χ0) is 10.2. The van der Waals surface area contributed by atoms with Gasteiger partial charge >= 0.3 is 0 Å². The van der Waals surface area contributed by atoms with Crippen molar-refractivity contribution in [2.45, 2.75) is 19.8 Å². The second-order valence-corrected chi connectivity index (χ2v) is 2.95. The number of allylic oxidation sites excluding steroid dienone is 1. The molecule has 1 aliphatic heterocycles. The Labute approximate surface area is 95.8 Å². The minimum absolute atomic E-state index is 0. The highest BCUT2D eigenvalue weighted by Gasteiger charge is 2.05. The molecule has 4 nitrogen and oxygen atoms in total. The van der Waals surface area contributed by atoms with Crippen LogP contribution in [0.25, 0.3) is 6.20 Å². The monoisotopic (exact) mass is 229 g/mol. The van der Waals surface area contributed by atoms with E-state index in [-0.39, 0.29) is 18.3 Å². The van der Waals surface area contributed by atoms with Gasteiger partial charge in [-0.1, -0.05) is 6.08 Å². The fourth-order valence-corrected chi connectivity index (χ4v) is 1.09. The largest absolute Gasteiger partial charge is 0.356 e. The number of halogens is 1. The molecule has 1 fully saturated rings. The average molecular weight is 230 g/mol. The van der Waals surface area contributed by atoms with Gasteiger partial charge in [-0.05, 0) is 13.3 Å². The third-order valence-corrected chi connectivity index (χ3v) is 1.75. The maximum Gasteiger partial charge on any atom is 0.220 e. The summed E-state index contributed by atoms with van der Waals surface area (Å²) in [5.41, 5.74) is 0. The number of hydrogen-bond acceptors (Lipinski definition) is 2. The minimum Gasteiger partial charge on any atom is -0.356 e. The Bertz CT molecular complexity index is 288. The Morgan fingerprint density at radius 2 is 2.40 bits per heavy atom. The molecule has 0 atom stereocenters. The summed E-state index contributed by atoms with van der Waals surface area (Å²) in [6, 6.07) is 0. The Balaban J connectivity index is 0.000000253. The summed E-state index contributed by atoms with van der Waals surface area (Å²) in [4.78, 5) is 14.0. The van der Waals surface area contributed by atoms with E-state index in [1.807, 2.05) is 30.0 Å². The van der Waals surface area contributed by atoms with Crippen LogP contribution in [0.2, 0.25) is 0 Å². The van der Waals surface area contributed by atoms with E-state index in [0.29, 0.717) is 0 Å². The predicted octanol–water partition coefficient (Wildman–Crippen LogP) is 1.69. The molecule has 0 spiro atoms. The normalized spacial score (nSPS) is 14.1. The number of rotatable bonds is 1. The van der Waals surface area contributed by atoms with Crippen molar-refractivity contribution >= 4 is 24.5 Å². The van der Waals surface area contributed by atoms with Crippen LogP contribution in [0.1, 0.15) is 19.8 Å². The summed E-state index contributed by atoms with van der Waals surface area (Å²) in [5.74, 6) is 0.204. The van der Waals surface area contributed by atoms with Crippen LogP contribution in [-0.2, 0) is 4.79 Å². The fourth-order valence-electron chi connectivity index (χ4n) is 1.09. The first-order chi connectivity index (χ1) is 6.83. The van der Waals surface area contributed by atoms with Gasteiger partial charge in [0.1, 0.15) is 0 Å². The van der Waals surface area contributed by atoms with E-state index in [9.17, 15) is 4.79 Å². The lowest BCUT2D eigenvalue weighted by molar-refractivity contribution is -0.119. The van der Waals surface area contributed by atoms with Crippen LogP contribution in [0.4, 0.5) is 0 Å². The third-order valence-electron chi connectivity index (χ3n) is 1.75. The van der Waals surface area contributed by atoms with Gasteiger partial charge < -0.3 is 9.88 Å². The molecular formula is C10H16ClN3O. The van der Waals surface area contributed by atoms with E-state index in [1.165, 1.54) is 0 Å². The molecule has 1 aliphatic rings. The van der Waals surface area contributed by atoms with E-state index in [4.69, 9.17) is 0 Å². The number of carbonyl (C=O) groups excluding carboxylic acids is 1. The quantitative estimate of drug-likeness (QED) is 0.797. The molecule has 0 saturated carbocycles. The molecule has 1 aromatic heterocycles. The average Bonchev–Trinajstić information content (AvgIpc) is 2.79. The van der Waals surface area contributed by atoms with Crippen molar-refractivity contribution in [2.24, 2.45) is 0 Å². The van der Waals surface area contributed by atoms with Crippen molar-refractivity contribution in [1.82, 2.24) is 14.9 Å². The Kier molecular flexibility index (Phi) is 7.36. The molecule has 1 amide bonds. The maximum atomic E-state index is 10.1. The summed E-state index contributed by atoms with van der Waals surface area (Å²) >= 11 is 0. The standard InChI is InChI=1S/C6H8N2.C4H7NO.ClH/c1-2-4-8-5-3-7-6-8;6-4-2-1-3-5-4;/h2-6H,1H3;1-3H2,(H,5,6);1H. The molecule has 0 unspecified atom stereocenters. The fraction of sp³-hybridized carbons (Fsp3) is 0.400. The molecular weight excluding hydrogens is 214 g/mol. The van der Waals surface area contributed by atoms with Gasteiger partial charge in [-0.3, -0.25) is 4.79 Å². The zero-order valence-electron chi connectivity index (χ0n) is 8.72. The molecule has 0 radical (unpaired) electrons. The van der Waals surface area contributed by atoms with Gasteiger partial charge in [0.25, 0.3) is 0 Å². The summed E-state index contributed by atoms with van der Waals surface area (Å²) in [5, 5.41) is 2.68. The number of carbonyl (C=O) groups is 1. The van der Waals surface area contributed by atoms with Crippen molar-refractivity contribution in [2.75, 3.05) is 6.54 Å². The number of imidazole rings is 1. The lowest BCUT2D eigenvalue weighted by Crippen LogP contribution is -2.12. The van der Waals surface area contributed by atoms with Crippen LogP contribution in [-0.4, -0.2) is 22.0 Å². The molecule has 1 saturated heterocycles. The highest BCUT2D eigenvalue weighted by atomic mass is 35.5. The first-order valence-corrected chi connectivity index (χ1v) is 4.70. The molecule has 1 N–H and O–H groups in total. The van der Waals surface area contributed by atoms with Gasteiger partial charge in [-0.25, -0.2) is 4.98 Å². The number of amides is 1. The van der Waals surface area contributed by atoms with Gasteiger partial charge in [0, 0.05) is 31.6 Å². The highest BCUT2D eigenvalue weighted by Crippen LogP contribution is 1.93. The maximum absolute atomic E-state index is 10.1. The molecule has 0 aliphatic carbocycles. The SMILES string of the molecule is CC=Cn1ccnc1.Cl.O=C1CCCN1. The molecule has 15 heavy (non-hydrogen) atoms. The lowest BCUT2D eigenvalue weighted by atomic mass is 10.4. The first kappa shape index (κ1) is 13.7. The Morgan fingerprint density at radius 3 is 2.73 bits per heavy atom. The first-order valence-electron chi connectivity index (χ1n) is 4.70. The smallest absolute Gasteiger partial charge is 0.220 e. The number of nitrogens with zero attached hydrogens (tertiary/aromatic N) is 2. The van der Waals surface area contributed by atoms with E-state index >= 15 is 0 Å². The molecule has 0 bridgehead atoms. The summed E-state index contributed by atoms with van der Waals surface area (Å²) < 4.78 is 1.89. The summed E-state index contributed by atoms with van der Waals surface area (Å²) in [7, 11) is 0. The Morgan fingerprint density at radius 1 is 1.60 bits per heavy atom. The molecule has 1 aromatic rings. The summed E-state index contributed by atoms with van der Waals surface area (Å²) in [6.07, 6.45) is 11.0. The van der Waals surface area contributed by atoms with Crippen molar-refractivity contribution in [3.05, 3.63) is 24.8 Å². The minimum atomic E-state index is 0. The number of hydrogen-bond donors (Lipinski definition) is 1. The topological polar surface area (TPSA) is 46.9 Å². The van der Waals surface area contributed by atoms with Crippen LogP contribution in [0.5, 0.6) is 0 Å². The van der Waals surface area contributed by atoms with Crippen LogP contribution < -0.4 is 5.32 Å². The molecule has 84 valence electrons. The van der Waals surface area contributed by atoms with Gasteiger partial charge in [-0.2, -0.15) is 0 Å². The van der Waals surface area contributed by atoms with Crippen LogP contribution in [0.15, 0.2) is 24.8 Å². The Hall–Kier alpha value is -1.29. The van der Waals surface area contributed by atoms with Crippen molar-refractivity contribution < 1.29 is 4.79 Å². The molecule has 2 rings (SSSR count). The van der Waals surface area contributed by atoms with E-state index in [2.05, 4.69) is 10.3 Å². The van der Waals surface area contributed by atoms with Gasteiger partial charge in [0.15, 0.2) is 0 Å². The lowest BCUT2D eigenvalue weighted by Gasteiger charge is -1.83. The van der Waals surface area contributed by atoms with E-state index < -0.39 is 0 Å². The molecule has 5 heteroatoms. The number of nitrogens with one attached hydrogen (secondary N) is 1. The van der Waals surface area contributed by atoms with Gasteiger partial charge in [0.2, 0.25) is 5.91 Å². The van der Waals surface area contributed by atoms with Gasteiger partial charge in [-0.15, -0.1) is 12.4 Å². The zero-order valence-corrected chi connectivity index (χ0v) is 9.54. The number of aromatic nitrogens is 2. The van der Waals surface area contributed by atoms with E-state index in [0.717, 1.165) is 19.4 Å². The summed E-state index contributed by atoms with van der Waals surface area (Å²) in [6.45, 7) is 2.86. The second kappa shape index (κ2) is 8.05. The highest BCUT2D eigenvalue weighted by molar-refractivity contribution is 5.85. The van der Waals surface area contributed by atoms with Gasteiger partial charge in [0.05, 0.1) is 6.33 Å². The molecule has 0 aromatic carbocycles. The molecule has 2 heterocycles. The second-order valence-electron chi connectivity index (χ2n) is 2.95. The predicted molar refractivity (Wildman–Crippen MR) is 62.7 cm³/mol. The van der Waals surface area contributed by atoms with E-state index in [1.54, 1.807) is 12.5 Å². The van der Waals surface area contributed by atoms with Crippen molar-refractivity contribution in [3.8, 4) is 0 Å². The van der Waals surface area contributed by atoms with Crippen LogP contribution in [0, 0.1) is 0 Å². The van der Waals surface area contributed by atoms with Crippen LogP contribution in [0.3, 0.4) is 0 Å².